The van der Waals surface area contributed by atoms with Crippen LogP contribution in [0.15, 0.2) is 18.2 Å². The predicted molar refractivity (Wildman–Crippen MR) is 66.4 cm³/mol. The maximum atomic E-state index is 12.6. The van der Waals surface area contributed by atoms with Crippen molar-refractivity contribution in [3.8, 4) is 0 Å². The number of hydrogen-bond acceptors (Lipinski definition) is 2. The van der Waals surface area contributed by atoms with Crippen LogP contribution in [0, 0.1) is 11.8 Å². The average Bonchev–Trinajstić information content (AvgIpc) is 2.91. The molecule has 6 heteroatoms. The van der Waals surface area contributed by atoms with E-state index in [0.717, 1.165) is 25.1 Å². The van der Waals surface area contributed by atoms with Gasteiger partial charge in [-0.05, 0) is 36.5 Å². The summed E-state index contributed by atoms with van der Waals surface area (Å²) in [4.78, 5) is 4.03. The zero-order valence-corrected chi connectivity index (χ0v) is 10.4. The average molecular weight is 269 g/mol. The van der Waals surface area contributed by atoms with Gasteiger partial charge in [-0.3, -0.25) is 0 Å². The van der Waals surface area contributed by atoms with Crippen molar-refractivity contribution in [2.45, 2.75) is 26.1 Å². The minimum absolute atomic E-state index is 0.286. The molecule has 1 saturated carbocycles. The number of fused-ring (bicyclic) bond motifs is 1. The lowest BCUT2D eigenvalue weighted by Crippen LogP contribution is -2.06. The Labute approximate surface area is 108 Å². The third-order valence-electron chi connectivity index (χ3n) is 3.80. The molecule has 2 N–H and O–H groups in total. The normalized spacial score (nSPS) is 22.9. The molecule has 2 unspecified atom stereocenters. The third kappa shape index (κ3) is 2.15. The van der Waals surface area contributed by atoms with Crippen molar-refractivity contribution in [1.29, 1.82) is 0 Å². The molecule has 1 aliphatic rings. The number of anilines is 1. The molecule has 1 aromatic heterocycles. The number of nitrogen functional groups attached to an aromatic ring is 1. The second-order valence-electron chi connectivity index (χ2n) is 5.25. The second kappa shape index (κ2) is 3.88. The minimum atomic E-state index is -4.35. The quantitative estimate of drug-likeness (QED) is 0.909. The number of alkyl halides is 3. The zero-order valence-electron chi connectivity index (χ0n) is 10.4. The Balaban J connectivity index is 2.02. The van der Waals surface area contributed by atoms with Gasteiger partial charge in [-0.1, -0.05) is 6.92 Å². The maximum Gasteiger partial charge on any atom is 0.416 e. The highest BCUT2D eigenvalue weighted by atomic mass is 19.4. The maximum absolute atomic E-state index is 12.6. The first-order chi connectivity index (χ1) is 8.86. The van der Waals surface area contributed by atoms with Crippen LogP contribution in [0.3, 0.4) is 0 Å². The highest BCUT2D eigenvalue weighted by Crippen LogP contribution is 2.40. The molecule has 2 atom stereocenters. The largest absolute Gasteiger partial charge is 0.416 e. The summed E-state index contributed by atoms with van der Waals surface area (Å²) in [6, 6.07) is 3.59. The number of nitrogens with zero attached hydrogens (tertiary/aromatic N) is 2. The number of hydrogen-bond donors (Lipinski definition) is 1. The molecule has 1 fully saturated rings. The predicted octanol–water partition coefficient (Wildman–Crippen LogP) is 3.29. The molecule has 0 aliphatic heterocycles. The SMILES string of the molecule is CC1CC1Cn1c(N)nc2cc(C(F)(F)F)ccc21. The summed E-state index contributed by atoms with van der Waals surface area (Å²) in [6.07, 6.45) is -3.21. The molecule has 3 nitrogen and oxygen atoms in total. The molecule has 2 aromatic rings. The third-order valence-corrected chi connectivity index (χ3v) is 3.80. The van der Waals surface area contributed by atoms with Crippen molar-refractivity contribution in [3.05, 3.63) is 23.8 Å². The smallest absolute Gasteiger partial charge is 0.369 e. The van der Waals surface area contributed by atoms with Crippen LogP contribution in [0.1, 0.15) is 18.9 Å². The van der Waals surface area contributed by atoms with Gasteiger partial charge in [0.1, 0.15) is 0 Å². The van der Waals surface area contributed by atoms with E-state index in [4.69, 9.17) is 5.73 Å². The van der Waals surface area contributed by atoms with Gasteiger partial charge in [0.2, 0.25) is 5.95 Å². The van der Waals surface area contributed by atoms with Gasteiger partial charge in [-0.2, -0.15) is 13.2 Å². The molecule has 1 heterocycles. The van der Waals surface area contributed by atoms with E-state index in [2.05, 4.69) is 11.9 Å². The number of rotatable bonds is 2. The Hall–Kier alpha value is -1.72. The molecule has 19 heavy (non-hydrogen) atoms. The van der Waals surface area contributed by atoms with Gasteiger partial charge in [0.15, 0.2) is 0 Å². The topological polar surface area (TPSA) is 43.8 Å². The molecule has 0 radical (unpaired) electrons. The Morgan fingerprint density at radius 2 is 2.11 bits per heavy atom. The molecule has 102 valence electrons. The highest BCUT2D eigenvalue weighted by Gasteiger charge is 2.34. The minimum Gasteiger partial charge on any atom is -0.369 e. The van der Waals surface area contributed by atoms with E-state index < -0.39 is 11.7 Å². The Bertz CT molecular complexity index is 630. The van der Waals surface area contributed by atoms with E-state index in [9.17, 15) is 13.2 Å². The van der Waals surface area contributed by atoms with Crippen LogP contribution in [0.5, 0.6) is 0 Å². The van der Waals surface area contributed by atoms with Crippen molar-refractivity contribution in [1.82, 2.24) is 9.55 Å². The Morgan fingerprint density at radius 3 is 2.68 bits per heavy atom. The summed E-state index contributed by atoms with van der Waals surface area (Å²) in [5.41, 5.74) is 6.09. The lowest BCUT2D eigenvalue weighted by atomic mass is 10.2. The van der Waals surface area contributed by atoms with E-state index in [1.165, 1.54) is 6.07 Å². The summed E-state index contributed by atoms with van der Waals surface area (Å²) in [5, 5.41) is 0. The van der Waals surface area contributed by atoms with Crippen LogP contribution in [0.4, 0.5) is 19.1 Å². The molecule has 0 saturated heterocycles. The summed E-state index contributed by atoms with van der Waals surface area (Å²) in [6.45, 7) is 2.89. The van der Waals surface area contributed by atoms with Crippen LogP contribution in [-0.2, 0) is 12.7 Å². The molecule has 3 rings (SSSR count). The Morgan fingerprint density at radius 1 is 1.42 bits per heavy atom. The number of aromatic nitrogens is 2. The lowest BCUT2D eigenvalue weighted by molar-refractivity contribution is -0.137. The fourth-order valence-electron chi connectivity index (χ4n) is 2.40. The van der Waals surface area contributed by atoms with Gasteiger partial charge in [0, 0.05) is 6.54 Å². The number of halogens is 3. The molecule has 1 aromatic carbocycles. The fourth-order valence-corrected chi connectivity index (χ4v) is 2.40. The van der Waals surface area contributed by atoms with Crippen molar-refractivity contribution in [2.75, 3.05) is 5.73 Å². The first kappa shape index (κ1) is 12.3. The van der Waals surface area contributed by atoms with Gasteiger partial charge < -0.3 is 10.3 Å². The molecule has 1 aliphatic carbocycles. The van der Waals surface area contributed by atoms with Crippen molar-refractivity contribution in [3.63, 3.8) is 0 Å². The summed E-state index contributed by atoms with van der Waals surface area (Å²) in [5.74, 6) is 1.50. The first-order valence-electron chi connectivity index (χ1n) is 6.19. The second-order valence-corrected chi connectivity index (χ2v) is 5.25. The van der Waals surface area contributed by atoms with Gasteiger partial charge in [-0.25, -0.2) is 4.98 Å². The number of benzene rings is 1. The summed E-state index contributed by atoms with van der Waals surface area (Å²) in [7, 11) is 0. The van der Waals surface area contributed by atoms with Crippen molar-refractivity contribution < 1.29 is 13.2 Å². The highest BCUT2D eigenvalue weighted by molar-refractivity contribution is 5.79. The molecular formula is C13H14F3N3. The van der Waals surface area contributed by atoms with Crippen LogP contribution in [0.25, 0.3) is 11.0 Å². The van der Waals surface area contributed by atoms with Crippen LogP contribution in [-0.4, -0.2) is 9.55 Å². The first-order valence-corrected chi connectivity index (χ1v) is 6.19. The van der Waals surface area contributed by atoms with E-state index in [1.807, 2.05) is 4.57 Å². The van der Waals surface area contributed by atoms with E-state index in [-0.39, 0.29) is 5.95 Å². The van der Waals surface area contributed by atoms with Crippen molar-refractivity contribution >= 4 is 17.0 Å². The number of imidazole rings is 1. The molecule has 0 bridgehead atoms. The Kier molecular flexibility index (Phi) is 2.52. The van der Waals surface area contributed by atoms with Crippen LogP contribution in [0.2, 0.25) is 0 Å². The summed E-state index contributed by atoms with van der Waals surface area (Å²) >= 11 is 0. The fraction of sp³-hybridized carbons (Fsp3) is 0.462. The molecule has 0 amide bonds. The van der Waals surface area contributed by atoms with E-state index >= 15 is 0 Å². The van der Waals surface area contributed by atoms with E-state index in [0.29, 0.717) is 22.9 Å². The molecule has 0 spiro atoms. The van der Waals surface area contributed by atoms with Crippen molar-refractivity contribution in [2.24, 2.45) is 11.8 Å². The van der Waals surface area contributed by atoms with Crippen LogP contribution >= 0.6 is 0 Å². The monoisotopic (exact) mass is 269 g/mol. The lowest BCUT2D eigenvalue weighted by Gasteiger charge is -2.07. The summed E-state index contributed by atoms with van der Waals surface area (Å²) < 4.78 is 39.7. The zero-order chi connectivity index (χ0) is 13.8. The van der Waals surface area contributed by atoms with Gasteiger partial charge >= 0.3 is 6.18 Å². The number of nitrogens with two attached hydrogens (primary N) is 1. The van der Waals surface area contributed by atoms with E-state index in [1.54, 1.807) is 0 Å². The van der Waals surface area contributed by atoms with Gasteiger partial charge in [-0.15, -0.1) is 0 Å². The van der Waals surface area contributed by atoms with Gasteiger partial charge in [0.05, 0.1) is 16.6 Å². The standard InChI is InChI=1S/C13H14F3N3/c1-7-4-8(7)6-19-11-3-2-9(13(14,15)16)5-10(11)18-12(19)17/h2-3,5,7-8H,4,6H2,1H3,(H2,17,18). The van der Waals surface area contributed by atoms with Gasteiger partial charge in [0.25, 0.3) is 0 Å². The van der Waals surface area contributed by atoms with Crippen LogP contribution < -0.4 is 5.73 Å². The molecular weight excluding hydrogens is 255 g/mol.